The number of carbonyl (C=O) groups is 3. The highest BCUT2D eigenvalue weighted by molar-refractivity contribution is 5.72. The van der Waals surface area contributed by atoms with E-state index >= 15 is 0 Å². The topological polar surface area (TPSA) is 99.1 Å². The molecule has 0 aliphatic carbocycles. The van der Waals surface area contributed by atoms with E-state index in [1.54, 1.807) is 0 Å². The summed E-state index contributed by atoms with van der Waals surface area (Å²) in [6, 6.07) is -0.615. The van der Waals surface area contributed by atoms with Gasteiger partial charge in [-0.1, -0.05) is 192 Å². The fourth-order valence-corrected chi connectivity index (χ4v) is 7.13. The molecule has 0 aromatic heterocycles. The minimum atomic E-state index is -0.876. The van der Waals surface area contributed by atoms with Gasteiger partial charge < -0.3 is 23.8 Å². The largest absolute Gasteiger partial charge is 0.477 e. The first-order chi connectivity index (χ1) is 27.6. The number of likely N-dealkylation sites (N-methyl/N-ethyl adjacent to an activating group) is 1. The van der Waals surface area contributed by atoms with Crippen molar-refractivity contribution in [3.05, 3.63) is 24.3 Å². The lowest BCUT2D eigenvalue weighted by atomic mass is 10.0. The number of quaternary nitrogens is 1. The Kier molecular flexibility index (Phi) is 39.0. The van der Waals surface area contributed by atoms with E-state index in [0.29, 0.717) is 19.3 Å². The smallest absolute Gasteiger partial charge is 0.362 e. The van der Waals surface area contributed by atoms with Crippen LogP contribution in [0.3, 0.4) is 0 Å². The lowest BCUT2D eigenvalue weighted by molar-refractivity contribution is -0.887. The predicted octanol–water partition coefficient (Wildman–Crippen LogP) is 13.3. The molecule has 0 saturated carbocycles. The molecule has 0 saturated heterocycles. The van der Waals surface area contributed by atoms with E-state index < -0.39 is 18.1 Å². The first-order valence-electron chi connectivity index (χ1n) is 23.9. The number of rotatable bonds is 43. The van der Waals surface area contributed by atoms with Crippen LogP contribution in [0.5, 0.6) is 0 Å². The normalized spacial score (nSPS) is 13.1. The van der Waals surface area contributed by atoms with Gasteiger partial charge in [-0.05, 0) is 32.1 Å². The van der Waals surface area contributed by atoms with Gasteiger partial charge in [-0.3, -0.25) is 9.59 Å². The minimum absolute atomic E-state index is 0.0566. The molecule has 0 aromatic carbocycles. The van der Waals surface area contributed by atoms with Crippen molar-refractivity contribution in [2.75, 3.05) is 41.0 Å². The van der Waals surface area contributed by atoms with Crippen LogP contribution in [-0.4, -0.2) is 80.6 Å². The van der Waals surface area contributed by atoms with E-state index in [9.17, 15) is 19.5 Å². The zero-order valence-electron chi connectivity index (χ0n) is 38.1. The van der Waals surface area contributed by atoms with E-state index in [4.69, 9.17) is 14.2 Å². The molecule has 0 heterocycles. The molecule has 334 valence electrons. The third-order valence-corrected chi connectivity index (χ3v) is 10.9. The average Bonchev–Trinajstić information content (AvgIpc) is 3.17. The van der Waals surface area contributed by atoms with E-state index in [1.807, 2.05) is 21.1 Å². The van der Waals surface area contributed by atoms with Gasteiger partial charge >= 0.3 is 17.9 Å². The van der Waals surface area contributed by atoms with Crippen LogP contribution in [0, 0.1) is 0 Å². The fourth-order valence-electron chi connectivity index (χ4n) is 7.13. The molecule has 0 fully saturated rings. The highest BCUT2D eigenvalue weighted by Gasteiger charge is 2.31. The van der Waals surface area contributed by atoms with Gasteiger partial charge in [0.05, 0.1) is 34.4 Å². The van der Waals surface area contributed by atoms with Crippen molar-refractivity contribution in [1.29, 1.82) is 0 Å². The minimum Gasteiger partial charge on any atom is -0.477 e. The second-order valence-electron chi connectivity index (χ2n) is 17.4. The Balaban J connectivity index is 4.19. The molecule has 57 heavy (non-hydrogen) atoms. The predicted molar refractivity (Wildman–Crippen MR) is 238 cm³/mol. The summed E-state index contributed by atoms with van der Waals surface area (Å²) in [6.45, 7) is 4.68. The van der Waals surface area contributed by atoms with Crippen LogP contribution < -0.4 is 0 Å². The van der Waals surface area contributed by atoms with Crippen molar-refractivity contribution in [3.8, 4) is 0 Å². The molecule has 0 radical (unpaired) electrons. The number of nitrogens with zero attached hydrogens (tertiary/aromatic N) is 1. The Hall–Kier alpha value is -2.19. The number of esters is 2. The number of aliphatic carboxylic acids is 1. The summed E-state index contributed by atoms with van der Waals surface area (Å²) in [5.74, 6) is -1.49. The Morgan fingerprint density at radius 1 is 0.526 bits per heavy atom. The Labute approximate surface area is 351 Å². The summed E-state index contributed by atoms with van der Waals surface area (Å²) < 4.78 is 17.3. The molecule has 1 N–H and O–H groups in total. The zero-order valence-corrected chi connectivity index (χ0v) is 38.1. The molecule has 2 atom stereocenters. The van der Waals surface area contributed by atoms with Crippen molar-refractivity contribution < 1.29 is 38.2 Å². The average molecular weight is 807 g/mol. The second kappa shape index (κ2) is 40.6. The van der Waals surface area contributed by atoms with Crippen LogP contribution in [0.2, 0.25) is 0 Å². The van der Waals surface area contributed by atoms with Gasteiger partial charge in [0.2, 0.25) is 0 Å². The van der Waals surface area contributed by atoms with Crippen LogP contribution in [-0.2, 0) is 28.6 Å². The summed E-state index contributed by atoms with van der Waals surface area (Å²) in [5, 5.41) is 9.62. The summed E-state index contributed by atoms with van der Waals surface area (Å²) in [4.78, 5) is 37.0. The Bertz CT molecular complexity index is 989. The molecule has 0 aliphatic heterocycles. The zero-order chi connectivity index (χ0) is 42.1. The molecule has 2 unspecified atom stereocenters. The lowest BCUT2D eigenvalue weighted by Crippen LogP contribution is -2.50. The maximum atomic E-state index is 12.7. The van der Waals surface area contributed by atoms with Crippen molar-refractivity contribution >= 4 is 17.9 Å². The number of carboxylic acid groups (broad SMARTS) is 1. The van der Waals surface area contributed by atoms with Crippen LogP contribution in [0.15, 0.2) is 24.3 Å². The molecule has 0 aromatic rings. The van der Waals surface area contributed by atoms with Gasteiger partial charge in [0.25, 0.3) is 0 Å². The summed E-state index contributed by atoms with van der Waals surface area (Å²) in [5.41, 5.74) is 0. The number of ether oxygens (including phenoxy) is 3. The quantitative estimate of drug-likeness (QED) is 0.0283. The molecule has 8 heteroatoms. The Morgan fingerprint density at radius 3 is 1.37 bits per heavy atom. The van der Waals surface area contributed by atoms with Gasteiger partial charge in [0.15, 0.2) is 12.1 Å². The monoisotopic (exact) mass is 807 g/mol. The van der Waals surface area contributed by atoms with E-state index in [1.165, 1.54) is 135 Å². The Morgan fingerprint density at radius 2 is 0.930 bits per heavy atom. The van der Waals surface area contributed by atoms with E-state index in [0.717, 1.165) is 51.4 Å². The van der Waals surface area contributed by atoms with Crippen molar-refractivity contribution in [1.82, 2.24) is 0 Å². The van der Waals surface area contributed by atoms with Gasteiger partial charge in [-0.25, -0.2) is 4.79 Å². The summed E-state index contributed by atoms with van der Waals surface area (Å²) in [6.07, 6.45) is 45.2. The van der Waals surface area contributed by atoms with Crippen molar-refractivity contribution in [2.24, 2.45) is 0 Å². The molecule has 8 nitrogen and oxygen atoms in total. The van der Waals surface area contributed by atoms with Crippen LogP contribution in [0.1, 0.15) is 219 Å². The highest BCUT2D eigenvalue weighted by atomic mass is 16.6. The van der Waals surface area contributed by atoms with Gasteiger partial charge in [0, 0.05) is 19.3 Å². The molecule has 0 spiro atoms. The van der Waals surface area contributed by atoms with E-state index in [-0.39, 0.29) is 36.2 Å². The SMILES string of the molecule is CCCC/C=C/C=C/CCCCCC(=O)OCC(COCCC(C(=O)O)[N+](C)(C)C)OC(=O)CCCCCCCCCCCCCCCCCCCCCCCC. The first-order valence-corrected chi connectivity index (χ1v) is 23.9. The maximum Gasteiger partial charge on any atom is 0.362 e. The number of carboxylic acids is 1. The first kappa shape index (κ1) is 54.8. The van der Waals surface area contributed by atoms with Crippen LogP contribution in [0.25, 0.3) is 0 Å². The third kappa shape index (κ3) is 39.1. The molecular formula is C49H92NO7+. The lowest BCUT2D eigenvalue weighted by Gasteiger charge is -2.31. The molecule has 0 bridgehead atoms. The van der Waals surface area contributed by atoms with Crippen molar-refractivity contribution in [2.45, 2.75) is 231 Å². The second-order valence-corrected chi connectivity index (χ2v) is 17.4. The number of hydrogen-bond acceptors (Lipinski definition) is 6. The molecular weight excluding hydrogens is 715 g/mol. The summed E-state index contributed by atoms with van der Waals surface area (Å²) in [7, 11) is 5.53. The number of carbonyl (C=O) groups excluding carboxylic acids is 2. The molecule has 0 amide bonds. The van der Waals surface area contributed by atoms with Crippen LogP contribution in [0.4, 0.5) is 0 Å². The number of hydrogen-bond donors (Lipinski definition) is 1. The highest BCUT2D eigenvalue weighted by Crippen LogP contribution is 2.16. The van der Waals surface area contributed by atoms with Gasteiger partial charge in [0.1, 0.15) is 6.61 Å². The third-order valence-electron chi connectivity index (χ3n) is 10.9. The standard InChI is InChI=1S/C49H91NO7/c1-6-8-10-12-14-16-18-19-20-21-22-23-24-25-26-27-28-30-32-34-36-38-40-48(52)57-45(43-55-42-41-46(49(53)54)50(3,4)5)44-56-47(51)39-37-35-33-31-29-17-15-13-11-9-7-2/h13,15,17,29,45-46H,6-12,14,16,18-28,30-44H2,1-5H3/p+1/b15-13+,29-17+. The van der Waals surface area contributed by atoms with E-state index in [2.05, 4.69) is 38.2 Å². The molecule has 0 aliphatic rings. The summed E-state index contributed by atoms with van der Waals surface area (Å²) >= 11 is 0. The van der Waals surface area contributed by atoms with Crippen LogP contribution >= 0.6 is 0 Å². The molecule has 0 rings (SSSR count). The number of allylic oxidation sites excluding steroid dienone is 4. The fraction of sp³-hybridized carbons (Fsp3) is 0.857. The van der Waals surface area contributed by atoms with Gasteiger partial charge in [-0.2, -0.15) is 0 Å². The van der Waals surface area contributed by atoms with Crippen molar-refractivity contribution in [3.63, 3.8) is 0 Å². The maximum absolute atomic E-state index is 12.7. The number of unbranched alkanes of at least 4 members (excludes halogenated alkanes) is 26. The van der Waals surface area contributed by atoms with Gasteiger partial charge in [-0.15, -0.1) is 0 Å².